The van der Waals surface area contributed by atoms with Gasteiger partial charge in [-0.3, -0.25) is 0 Å². The summed E-state index contributed by atoms with van der Waals surface area (Å²) in [5, 5.41) is 9.09. The first-order valence-electron chi connectivity index (χ1n) is 6.02. The average molecular weight is 235 g/mol. The van der Waals surface area contributed by atoms with Crippen LogP contribution in [-0.2, 0) is 0 Å². The minimum absolute atomic E-state index is 0.253. The SMILES string of the molecule is CCN(CC)c1ncc(C(=O)O)c(C2CC2)n1. The van der Waals surface area contributed by atoms with Crippen molar-refractivity contribution in [3.63, 3.8) is 0 Å². The van der Waals surface area contributed by atoms with Crippen LogP contribution >= 0.6 is 0 Å². The molecule has 0 saturated heterocycles. The van der Waals surface area contributed by atoms with Gasteiger partial charge in [-0.15, -0.1) is 0 Å². The van der Waals surface area contributed by atoms with E-state index >= 15 is 0 Å². The monoisotopic (exact) mass is 235 g/mol. The molecule has 1 aromatic heterocycles. The van der Waals surface area contributed by atoms with E-state index in [-0.39, 0.29) is 5.56 Å². The molecule has 5 nitrogen and oxygen atoms in total. The molecule has 1 aliphatic carbocycles. The van der Waals surface area contributed by atoms with E-state index in [4.69, 9.17) is 5.11 Å². The van der Waals surface area contributed by atoms with E-state index in [0.717, 1.165) is 25.9 Å². The third-order valence-corrected chi connectivity index (χ3v) is 3.05. The zero-order valence-electron chi connectivity index (χ0n) is 10.2. The van der Waals surface area contributed by atoms with Crippen LogP contribution in [0.5, 0.6) is 0 Å². The summed E-state index contributed by atoms with van der Waals surface area (Å²) in [5.41, 5.74) is 0.956. The molecular formula is C12H17N3O2. The van der Waals surface area contributed by atoms with E-state index in [0.29, 0.717) is 17.6 Å². The standard InChI is InChI=1S/C12H17N3O2/c1-3-15(4-2)12-13-7-9(11(16)17)10(14-12)8-5-6-8/h7-8H,3-6H2,1-2H3,(H,16,17). The maximum atomic E-state index is 11.1. The van der Waals surface area contributed by atoms with Crippen molar-refractivity contribution in [2.75, 3.05) is 18.0 Å². The molecule has 1 heterocycles. The van der Waals surface area contributed by atoms with Crippen LogP contribution in [0.4, 0.5) is 5.95 Å². The molecule has 0 spiro atoms. The van der Waals surface area contributed by atoms with Gasteiger partial charge in [0.15, 0.2) is 0 Å². The minimum Gasteiger partial charge on any atom is -0.478 e. The number of aromatic carboxylic acids is 1. The van der Waals surface area contributed by atoms with Gasteiger partial charge in [-0.2, -0.15) is 0 Å². The van der Waals surface area contributed by atoms with Crippen molar-refractivity contribution < 1.29 is 9.90 Å². The number of hydrogen-bond donors (Lipinski definition) is 1. The summed E-state index contributed by atoms with van der Waals surface area (Å²) < 4.78 is 0. The number of carboxylic acids is 1. The molecule has 1 fully saturated rings. The molecule has 0 aliphatic heterocycles. The first-order valence-corrected chi connectivity index (χ1v) is 6.02. The predicted molar refractivity (Wildman–Crippen MR) is 64.5 cm³/mol. The number of nitrogens with zero attached hydrogens (tertiary/aromatic N) is 3. The van der Waals surface area contributed by atoms with E-state index in [1.807, 2.05) is 18.7 Å². The largest absolute Gasteiger partial charge is 0.478 e. The van der Waals surface area contributed by atoms with Crippen molar-refractivity contribution in [1.29, 1.82) is 0 Å². The number of rotatable bonds is 5. The zero-order valence-corrected chi connectivity index (χ0v) is 10.2. The van der Waals surface area contributed by atoms with Crippen LogP contribution in [0.3, 0.4) is 0 Å². The third-order valence-electron chi connectivity index (χ3n) is 3.05. The first-order chi connectivity index (χ1) is 8.17. The Morgan fingerprint density at radius 2 is 2.12 bits per heavy atom. The average Bonchev–Trinajstić information content (AvgIpc) is 3.14. The number of carboxylic acid groups (broad SMARTS) is 1. The van der Waals surface area contributed by atoms with Crippen LogP contribution in [0.2, 0.25) is 0 Å². The maximum Gasteiger partial charge on any atom is 0.339 e. The van der Waals surface area contributed by atoms with Gasteiger partial charge < -0.3 is 10.0 Å². The van der Waals surface area contributed by atoms with Gasteiger partial charge in [-0.1, -0.05) is 0 Å². The highest BCUT2D eigenvalue weighted by molar-refractivity contribution is 5.89. The molecule has 0 atom stereocenters. The Bertz CT molecular complexity index is 426. The second-order valence-electron chi connectivity index (χ2n) is 4.22. The smallest absolute Gasteiger partial charge is 0.339 e. The number of hydrogen-bond acceptors (Lipinski definition) is 4. The Hall–Kier alpha value is -1.65. The Labute approximate surface area is 100 Å². The minimum atomic E-state index is -0.932. The Morgan fingerprint density at radius 1 is 1.47 bits per heavy atom. The first kappa shape index (κ1) is 11.8. The van der Waals surface area contributed by atoms with E-state index in [1.54, 1.807) is 0 Å². The molecule has 1 aromatic rings. The van der Waals surface area contributed by atoms with Gasteiger partial charge >= 0.3 is 5.97 Å². The van der Waals surface area contributed by atoms with Crippen LogP contribution in [0.1, 0.15) is 48.7 Å². The molecule has 0 aromatic carbocycles. The summed E-state index contributed by atoms with van der Waals surface area (Å²) in [5.74, 6) is 0.0262. The zero-order chi connectivity index (χ0) is 12.4. The van der Waals surface area contributed by atoms with E-state index in [2.05, 4.69) is 9.97 Å². The summed E-state index contributed by atoms with van der Waals surface area (Å²) in [6.45, 7) is 5.73. The molecule has 1 N–H and O–H groups in total. The normalized spacial score (nSPS) is 14.7. The number of anilines is 1. The van der Waals surface area contributed by atoms with Gasteiger partial charge in [0.1, 0.15) is 0 Å². The molecule has 92 valence electrons. The Balaban J connectivity index is 2.38. The summed E-state index contributed by atoms with van der Waals surface area (Å²) in [6.07, 6.45) is 3.51. The summed E-state index contributed by atoms with van der Waals surface area (Å²) in [4.78, 5) is 21.7. The van der Waals surface area contributed by atoms with E-state index in [9.17, 15) is 4.79 Å². The van der Waals surface area contributed by atoms with Crippen LogP contribution < -0.4 is 4.90 Å². The lowest BCUT2D eigenvalue weighted by Crippen LogP contribution is -2.25. The van der Waals surface area contributed by atoms with Crippen molar-refractivity contribution in [1.82, 2.24) is 9.97 Å². The van der Waals surface area contributed by atoms with Crippen LogP contribution in [0.15, 0.2) is 6.20 Å². The van der Waals surface area contributed by atoms with Gasteiger partial charge in [0.05, 0.1) is 11.3 Å². The highest BCUT2D eigenvalue weighted by atomic mass is 16.4. The fourth-order valence-corrected chi connectivity index (χ4v) is 1.88. The molecular weight excluding hydrogens is 218 g/mol. The lowest BCUT2D eigenvalue weighted by molar-refractivity contribution is 0.0694. The van der Waals surface area contributed by atoms with Gasteiger partial charge in [0.25, 0.3) is 0 Å². The summed E-state index contributed by atoms with van der Waals surface area (Å²) >= 11 is 0. The molecule has 0 bridgehead atoms. The lowest BCUT2D eigenvalue weighted by Gasteiger charge is -2.19. The van der Waals surface area contributed by atoms with Crippen molar-refractivity contribution in [2.45, 2.75) is 32.6 Å². The molecule has 1 aliphatic rings. The lowest BCUT2D eigenvalue weighted by atomic mass is 10.1. The molecule has 0 unspecified atom stereocenters. The quantitative estimate of drug-likeness (QED) is 0.844. The van der Waals surface area contributed by atoms with Crippen molar-refractivity contribution in [3.05, 3.63) is 17.5 Å². The van der Waals surface area contributed by atoms with Crippen molar-refractivity contribution in [2.24, 2.45) is 0 Å². The highest BCUT2D eigenvalue weighted by Crippen LogP contribution is 2.40. The van der Waals surface area contributed by atoms with Gasteiger partial charge in [-0.25, -0.2) is 14.8 Å². The molecule has 5 heteroatoms. The number of aromatic nitrogens is 2. The van der Waals surface area contributed by atoms with Crippen LogP contribution in [0, 0.1) is 0 Å². The highest BCUT2D eigenvalue weighted by Gasteiger charge is 2.30. The molecule has 17 heavy (non-hydrogen) atoms. The fourth-order valence-electron chi connectivity index (χ4n) is 1.88. The number of carbonyl (C=O) groups is 1. The van der Waals surface area contributed by atoms with Crippen molar-refractivity contribution >= 4 is 11.9 Å². The van der Waals surface area contributed by atoms with Gasteiger partial charge in [-0.05, 0) is 26.7 Å². The Kier molecular flexibility index (Phi) is 3.26. The van der Waals surface area contributed by atoms with E-state index in [1.165, 1.54) is 6.20 Å². The summed E-state index contributed by atoms with van der Waals surface area (Å²) in [6, 6.07) is 0. The third kappa shape index (κ3) is 2.38. The van der Waals surface area contributed by atoms with Gasteiger partial charge in [0.2, 0.25) is 5.95 Å². The maximum absolute atomic E-state index is 11.1. The second kappa shape index (κ2) is 4.69. The van der Waals surface area contributed by atoms with Crippen LogP contribution in [-0.4, -0.2) is 34.1 Å². The molecule has 0 amide bonds. The molecule has 2 rings (SSSR count). The fraction of sp³-hybridized carbons (Fsp3) is 0.583. The summed E-state index contributed by atoms with van der Waals surface area (Å²) in [7, 11) is 0. The topological polar surface area (TPSA) is 66.3 Å². The van der Waals surface area contributed by atoms with E-state index < -0.39 is 5.97 Å². The van der Waals surface area contributed by atoms with Crippen molar-refractivity contribution in [3.8, 4) is 0 Å². The van der Waals surface area contributed by atoms with Gasteiger partial charge in [0, 0.05) is 25.2 Å². The second-order valence-corrected chi connectivity index (χ2v) is 4.22. The molecule has 1 saturated carbocycles. The Morgan fingerprint density at radius 3 is 2.59 bits per heavy atom. The van der Waals surface area contributed by atoms with Crippen LogP contribution in [0.25, 0.3) is 0 Å². The predicted octanol–water partition coefficient (Wildman–Crippen LogP) is 1.90. The molecule has 0 radical (unpaired) electrons.